The quantitative estimate of drug-likeness (QED) is 0.644. The van der Waals surface area contributed by atoms with Gasteiger partial charge in [0.05, 0.1) is 17.6 Å². The smallest absolute Gasteiger partial charge is 0.283 e. The minimum atomic E-state index is -0.389. The molecule has 1 aromatic rings. The average Bonchev–Trinajstić information content (AvgIpc) is 2.33. The summed E-state index contributed by atoms with van der Waals surface area (Å²) in [7, 11) is 1.95. The van der Waals surface area contributed by atoms with Crippen molar-refractivity contribution >= 4 is 21.6 Å². The van der Waals surface area contributed by atoms with Crippen LogP contribution < -0.4 is 5.32 Å². The topological polar surface area (TPSA) is 64.4 Å². The second kappa shape index (κ2) is 6.45. The number of nitrogens with zero attached hydrogens (tertiary/aromatic N) is 1. The molecule has 0 saturated heterocycles. The van der Waals surface area contributed by atoms with Crippen LogP contribution in [-0.2, 0) is 11.3 Å². The molecule has 0 heterocycles. The van der Waals surface area contributed by atoms with E-state index in [4.69, 9.17) is 4.74 Å². The standard InChI is InChI=1S/C13H17BrN2O3/c1-15-7-9-5-11(6-9)19-8-10-3-2-4-12(13(10)14)16(17)18/h2-4,9,11,15H,5-8H2,1H3. The monoisotopic (exact) mass is 328 g/mol. The lowest BCUT2D eigenvalue weighted by Gasteiger charge is -2.35. The van der Waals surface area contributed by atoms with E-state index in [9.17, 15) is 10.1 Å². The molecule has 0 amide bonds. The molecule has 1 aliphatic rings. The number of hydrogen-bond donors (Lipinski definition) is 1. The molecule has 5 nitrogen and oxygen atoms in total. The molecule has 0 atom stereocenters. The Bertz CT molecular complexity index is 461. The van der Waals surface area contributed by atoms with Crippen LogP contribution in [0.3, 0.4) is 0 Å². The van der Waals surface area contributed by atoms with E-state index in [2.05, 4.69) is 21.2 Å². The first-order chi connectivity index (χ1) is 9.11. The van der Waals surface area contributed by atoms with Crippen molar-refractivity contribution in [3.05, 3.63) is 38.3 Å². The third-order valence-corrected chi connectivity index (χ3v) is 4.33. The van der Waals surface area contributed by atoms with E-state index in [0.717, 1.165) is 24.9 Å². The number of halogens is 1. The highest BCUT2D eigenvalue weighted by Gasteiger charge is 2.29. The Morgan fingerprint density at radius 3 is 2.89 bits per heavy atom. The molecule has 0 aliphatic heterocycles. The summed E-state index contributed by atoms with van der Waals surface area (Å²) < 4.78 is 6.30. The number of nitro groups is 1. The summed E-state index contributed by atoms with van der Waals surface area (Å²) in [5.74, 6) is 0.698. The van der Waals surface area contributed by atoms with Gasteiger partial charge in [-0.25, -0.2) is 0 Å². The molecule has 1 aromatic carbocycles. The van der Waals surface area contributed by atoms with Crippen molar-refractivity contribution in [2.24, 2.45) is 5.92 Å². The molecule has 19 heavy (non-hydrogen) atoms. The third kappa shape index (κ3) is 3.52. The summed E-state index contributed by atoms with van der Waals surface area (Å²) in [6, 6.07) is 5.02. The summed E-state index contributed by atoms with van der Waals surface area (Å²) >= 11 is 3.28. The van der Waals surface area contributed by atoms with Crippen molar-refractivity contribution < 1.29 is 9.66 Å². The van der Waals surface area contributed by atoms with E-state index in [1.807, 2.05) is 13.1 Å². The highest BCUT2D eigenvalue weighted by molar-refractivity contribution is 9.10. The molecule has 2 rings (SSSR count). The van der Waals surface area contributed by atoms with Crippen molar-refractivity contribution in [2.75, 3.05) is 13.6 Å². The van der Waals surface area contributed by atoms with Crippen LogP contribution in [-0.4, -0.2) is 24.6 Å². The van der Waals surface area contributed by atoms with Gasteiger partial charge < -0.3 is 10.1 Å². The molecule has 1 fully saturated rings. The van der Waals surface area contributed by atoms with Gasteiger partial charge in [0, 0.05) is 6.07 Å². The van der Waals surface area contributed by atoms with Gasteiger partial charge >= 0.3 is 0 Å². The Morgan fingerprint density at radius 2 is 2.26 bits per heavy atom. The van der Waals surface area contributed by atoms with Gasteiger partial charge in [0.1, 0.15) is 4.47 Å². The Balaban J connectivity index is 1.87. The summed E-state index contributed by atoms with van der Waals surface area (Å²) in [5, 5.41) is 14.0. The van der Waals surface area contributed by atoms with Crippen LogP contribution in [0.5, 0.6) is 0 Å². The minimum absolute atomic E-state index is 0.0859. The first-order valence-corrected chi connectivity index (χ1v) is 7.09. The number of nitro benzene ring substituents is 1. The maximum absolute atomic E-state index is 10.8. The second-order valence-electron chi connectivity index (χ2n) is 4.84. The summed E-state index contributed by atoms with van der Waals surface area (Å²) in [4.78, 5) is 10.4. The lowest BCUT2D eigenvalue weighted by Crippen LogP contribution is -2.36. The molecule has 6 heteroatoms. The zero-order chi connectivity index (χ0) is 13.8. The van der Waals surface area contributed by atoms with Gasteiger partial charge in [0.25, 0.3) is 5.69 Å². The number of nitrogens with one attached hydrogen (secondary N) is 1. The SMILES string of the molecule is CNCC1CC(OCc2cccc([N+](=O)[O-])c2Br)C1. The molecule has 0 unspecified atom stereocenters. The number of rotatable bonds is 6. The highest BCUT2D eigenvalue weighted by atomic mass is 79.9. The maximum Gasteiger partial charge on any atom is 0.283 e. The molecular weight excluding hydrogens is 312 g/mol. The fraction of sp³-hybridized carbons (Fsp3) is 0.538. The van der Waals surface area contributed by atoms with E-state index in [0.29, 0.717) is 17.0 Å². The van der Waals surface area contributed by atoms with Crippen molar-refractivity contribution in [2.45, 2.75) is 25.6 Å². The van der Waals surface area contributed by atoms with Gasteiger partial charge in [-0.3, -0.25) is 10.1 Å². The molecule has 1 N–H and O–H groups in total. The predicted molar refractivity (Wildman–Crippen MR) is 76.0 cm³/mol. The molecule has 0 bridgehead atoms. The Kier molecular flexibility index (Phi) is 4.90. The van der Waals surface area contributed by atoms with Gasteiger partial charge in [0.2, 0.25) is 0 Å². The van der Waals surface area contributed by atoms with Crippen LogP contribution >= 0.6 is 15.9 Å². The zero-order valence-electron chi connectivity index (χ0n) is 10.8. The van der Waals surface area contributed by atoms with Gasteiger partial charge in [-0.15, -0.1) is 0 Å². The fourth-order valence-corrected chi connectivity index (χ4v) is 2.82. The lowest BCUT2D eigenvalue weighted by atomic mass is 9.82. The lowest BCUT2D eigenvalue weighted by molar-refractivity contribution is -0.385. The molecule has 1 aliphatic carbocycles. The van der Waals surface area contributed by atoms with Crippen molar-refractivity contribution in [3.8, 4) is 0 Å². The van der Waals surface area contributed by atoms with Gasteiger partial charge in [-0.2, -0.15) is 0 Å². The molecular formula is C13H17BrN2O3. The van der Waals surface area contributed by atoms with Gasteiger partial charge in [-0.05, 0) is 53.8 Å². The average molecular weight is 329 g/mol. The van der Waals surface area contributed by atoms with E-state index in [1.54, 1.807) is 6.07 Å². The van der Waals surface area contributed by atoms with E-state index < -0.39 is 0 Å². The van der Waals surface area contributed by atoms with Crippen molar-refractivity contribution in [3.63, 3.8) is 0 Å². The largest absolute Gasteiger partial charge is 0.373 e. The van der Waals surface area contributed by atoms with Gasteiger partial charge in [0.15, 0.2) is 0 Å². The van der Waals surface area contributed by atoms with Crippen LogP contribution in [0.1, 0.15) is 18.4 Å². The first kappa shape index (κ1) is 14.4. The predicted octanol–water partition coefficient (Wildman–Crippen LogP) is 2.87. The highest BCUT2D eigenvalue weighted by Crippen LogP contribution is 2.32. The van der Waals surface area contributed by atoms with Crippen LogP contribution in [0.15, 0.2) is 22.7 Å². The van der Waals surface area contributed by atoms with Gasteiger partial charge in [-0.1, -0.05) is 12.1 Å². The third-order valence-electron chi connectivity index (χ3n) is 3.41. The summed E-state index contributed by atoms with van der Waals surface area (Å²) in [5.41, 5.74) is 0.911. The minimum Gasteiger partial charge on any atom is -0.373 e. The van der Waals surface area contributed by atoms with Crippen LogP contribution in [0, 0.1) is 16.0 Å². The van der Waals surface area contributed by atoms with Crippen LogP contribution in [0.4, 0.5) is 5.69 Å². The van der Waals surface area contributed by atoms with Crippen molar-refractivity contribution in [1.29, 1.82) is 0 Å². The second-order valence-corrected chi connectivity index (χ2v) is 5.63. The number of hydrogen-bond acceptors (Lipinski definition) is 4. The molecule has 0 aromatic heterocycles. The van der Waals surface area contributed by atoms with E-state index in [-0.39, 0.29) is 16.7 Å². The van der Waals surface area contributed by atoms with E-state index >= 15 is 0 Å². The van der Waals surface area contributed by atoms with Crippen molar-refractivity contribution in [1.82, 2.24) is 5.32 Å². The Labute approximate surface area is 120 Å². The number of benzene rings is 1. The van der Waals surface area contributed by atoms with Crippen LogP contribution in [0.2, 0.25) is 0 Å². The molecule has 1 saturated carbocycles. The maximum atomic E-state index is 10.8. The Hall–Kier alpha value is -0.980. The van der Waals surface area contributed by atoms with E-state index in [1.165, 1.54) is 6.07 Å². The molecule has 104 valence electrons. The Morgan fingerprint density at radius 1 is 1.53 bits per heavy atom. The summed E-state index contributed by atoms with van der Waals surface area (Å²) in [6.45, 7) is 1.44. The molecule has 0 spiro atoms. The fourth-order valence-electron chi connectivity index (χ4n) is 2.29. The first-order valence-electron chi connectivity index (χ1n) is 6.29. The normalized spacial score (nSPS) is 22.0. The number of ether oxygens (including phenoxy) is 1. The summed E-state index contributed by atoms with van der Waals surface area (Å²) in [6.07, 6.45) is 2.41. The van der Waals surface area contributed by atoms with Crippen LogP contribution in [0.25, 0.3) is 0 Å². The zero-order valence-corrected chi connectivity index (χ0v) is 12.4. The molecule has 0 radical (unpaired) electrons.